The third kappa shape index (κ3) is 4.19. The molecule has 4 rings (SSSR count). The van der Waals surface area contributed by atoms with Gasteiger partial charge in [-0.3, -0.25) is 0 Å². The van der Waals surface area contributed by atoms with Crippen molar-refractivity contribution in [2.75, 3.05) is 0 Å². The molecule has 0 aliphatic carbocycles. The predicted molar refractivity (Wildman–Crippen MR) is 110 cm³/mol. The van der Waals surface area contributed by atoms with Gasteiger partial charge < -0.3 is 13.9 Å². The monoisotopic (exact) mass is 386 g/mol. The third-order valence-corrected chi connectivity index (χ3v) is 4.41. The van der Waals surface area contributed by atoms with E-state index in [-0.39, 0.29) is 0 Å². The van der Waals surface area contributed by atoms with Crippen molar-refractivity contribution in [2.45, 2.75) is 13.0 Å². The fourth-order valence-electron chi connectivity index (χ4n) is 3.01. The van der Waals surface area contributed by atoms with Gasteiger partial charge in [0.05, 0.1) is 0 Å². The molecule has 5 heteroatoms. The number of carbonyl (C=O) groups excluding carboxylic acids is 1. The first kappa shape index (κ1) is 18.5. The molecule has 1 heterocycles. The van der Waals surface area contributed by atoms with E-state index < -0.39 is 17.7 Å². The highest BCUT2D eigenvalue weighted by Gasteiger charge is 2.18. The van der Waals surface area contributed by atoms with E-state index in [1.54, 1.807) is 43.3 Å². The highest BCUT2D eigenvalue weighted by atomic mass is 16.6. The Morgan fingerprint density at radius 3 is 2.28 bits per heavy atom. The van der Waals surface area contributed by atoms with Crippen LogP contribution in [0.5, 0.6) is 11.5 Å². The molecular weight excluding hydrogens is 368 g/mol. The number of ether oxygens (including phenoxy) is 2. The number of carbonyl (C=O) groups is 1. The van der Waals surface area contributed by atoms with E-state index in [1.165, 1.54) is 6.07 Å². The molecule has 0 bridgehead atoms. The van der Waals surface area contributed by atoms with Gasteiger partial charge in [-0.1, -0.05) is 48.5 Å². The first-order chi connectivity index (χ1) is 14.1. The Balaban J connectivity index is 1.59. The van der Waals surface area contributed by atoms with Crippen molar-refractivity contribution < 1.29 is 18.7 Å². The topological polar surface area (TPSA) is 65.7 Å². The summed E-state index contributed by atoms with van der Waals surface area (Å²) in [5.74, 6) is 0.337. The minimum atomic E-state index is -0.836. The molecule has 3 aromatic carbocycles. The number of rotatable bonds is 5. The van der Waals surface area contributed by atoms with Crippen molar-refractivity contribution in [1.29, 1.82) is 0 Å². The summed E-state index contributed by atoms with van der Waals surface area (Å²) in [6, 6.07) is 25.0. The standard InChI is InChI=1S/C24H18O5/c1-16(24(26)28-18-10-6-3-7-11-18)27-19-12-13-20-21(17-8-4-2-5-9-17)15-23(25)29-22(20)14-19/h2-16H,1H3. The van der Waals surface area contributed by atoms with Gasteiger partial charge in [0.15, 0.2) is 6.10 Å². The molecule has 0 radical (unpaired) electrons. The Hall–Kier alpha value is -3.86. The molecule has 1 atom stereocenters. The Morgan fingerprint density at radius 1 is 0.862 bits per heavy atom. The van der Waals surface area contributed by atoms with Gasteiger partial charge in [0, 0.05) is 17.5 Å². The van der Waals surface area contributed by atoms with Crippen molar-refractivity contribution in [3.63, 3.8) is 0 Å². The maximum Gasteiger partial charge on any atom is 0.352 e. The van der Waals surface area contributed by atoms with Crippen molar-refractivity contribution in [2.24, 2.45) is 0 Å². The summed E-state index contributed by atoms with van der Waals surface area (Å²) in [6.45, 7) is 1.60. The molecule has 1 aromatic heterocycles. The van der Waals surface area contributed by atoms with Crippen LogP contribution in [0.3, 0.4) is 0 Å². The maximum absolute atomic E-state index is 12.3. The summed E-state index contributed by atoms with van der Waals surface area (Å²) >= 11 is 0. The number of esters is 1. The fraction of sp³-hybridized carbons (Fsp3) is 0.0833. The van der Waals surface area contributed by atoms with Crippen LogP contribution in [0.4, 0.5) is 0 Å². The first-order valence-corrected chi connectivity index (χ1v) is 9.17. The number of benzene rings is 3. The van der Waals surface area contributed by atoms with Crippen LogP contribution >= 0.6 is 0 Å². The number of fused-ring (bicyclic) bond motifs is 1. The summed E-state index contributed by atoms with van der Waals surface area (Å²) in [5.41, 5.74) is 1.63. The zero-order valence-electron chi connectivity index (χ0n) is 15.7. The molecule has 1 unspecified atom stereocenters. The van der Waals surface area contributed by atoms with Gasteiger partial charge in [0.1, 0.15) is 17.1 Å². The van der Waals surface area contributed by atoms with E-state index in [4.69, 9.17) is 13.9 Å². The second-order valence-corrected chi connectivity index (χ2v) is 6.50. The zero-order chi connectivity index (χ0) is 20.2. The molecule has 5 nitrogen and oxygen atoms in total. The Morgan fingerprint density at radius 2 is 1.55 bits per heavy atom. The van der Waals surface area contributed by atoms with E-state index in [2.05, 4.69) is 0 Å². The Bertz CT molecular complexity index is 1200. The summed E-state index contributed by atoms with van der Waals surface area (Å²) in [5, 5.41) is 0.780. The molecule has 0 aliphatic rings. The first-order valence-electron chi connectivity index (χ1n) is 9.17. The predicted octanol–water partition coefficient (Wildman–Crippen LogP) is 4.83. The maximum atomic E-state index is 12.3. The van der Waals surface area contributed by atoms with Crippen molar-refractivity contribution in [1.82, 2.24) is 0 Å². The quantitative estimate of drug-likeness (QED) is 0.279. The highest BCUT2D eigenvalue weighted by Crippen LogP contribution is 2.30. The summed E-state index contributed by atoms with van der Waals surface area (Å²) < 4.78 is 16.4. The summed E-state index contributed by atoms with van der Waals surface area (Å²) in [6.07, 6.45) is -0.836. The van der Waals surface area contributed by atoms with Gasteiger partial charge in [-0.25, -0.2) is 9.59 Å². The van der Waals surface area contributed by atoms with Crippen LogP contribution in [0.15, 0.2) is 94.1 Å². The summed E-state index contributed by atoms with van der Waals surface area (Å²) in [7, 11) is 0. The summed E-state index contributed by atoms with van der Waals surface area (Å²) in [4.78, 5) is 24.3. The molecule has 0 N–H and O–H groups in total. The zero-order valence-corrected chi connectivity index (χ0v) is 15.7. The van der Waals surface area contributed by atoms with Crippen LogP contribution in [0.25, 0.3) is 22.1 Å². The lowest BCUT2D eigenvalue weighted by Gasteiger charge is -2.14. The van der Waals surface area contributed by atoms with Crippen molar-refractivity contribution in [3.05, 3.63) is 95.3 Å². The van der Waals surface area contributed by atoms with Crippen LogP contribution < -0.4 is 15.1 Å². The van der Waals surface area contributed by atoms with Crippen LogP contribution in [-0.4, -0.2) is 12.1 Å². The number of hydrogen-bond acceptors (Lipinski definition) is 5. The van der Waals surface area contributed by atoms with Gasteiger partial charge in [0.2, 0.25) is 0 Å². The smallest absolute Gasteiger partial charge is 0.352 e. The normalized spacial score (nSPS) is 11.8. The molecule has 0 saturated heterocycles. The van der Waals surface area contributed by atoms with E-state index in [9.17, 15) is 9.59 Å². The molecule has 4 aromatic rings. The molecule has 29 heavy (non-hydrogen) atoms. The van der Waals surface area contributed by atoms with Crippen LogP contribution in [0.2, 0.25) is 0 Å². The van der Waals surface area contributed by atoms with Crippen molar-refractivity contribution in [3.8, 4) is 22.6 Å². The molecule has 0 amide bonds. The third-order valence-electron chi connectivity index (χ3n) is 4.41. The lowest BCUT2D eigenvalue weighted by Crippen LogP contribution is -2.28. The van der Waals surface area contributed by atoms with Gasteiger partial charge in [-0.05, 0) is 42.3 Å². The molecule has 0 saturated carbocycles. The molecule has 144 valence electrons. The second kappa shape index (κ2) is 8.02. The molecular formula is C24H18O5. The molecule has 0 aliphatic heterocycles. The van der Waals surface area contributed by atoms with Crippen LogP contribution in [0, 0.1) is 0 Å². The van der Waals surface area contributed by atoms with Gasteiger partial charge >= 0.3 is 11.6 Å². The van der Waals surface area contributed by atoms with E-state index in [0.29, 0.717) is 17.1 Å². The largest absolute Gasteiger partial charge is 0.479 e. The van der Waals surface area contributed by atoms with E-state index in [0.717, 1.165) is 16.5 Å². The van der Waals surface area contributed by atoms with E-state index in [1.807, 2.05) is 42.5 Å². The molecule has 0 spiro atoms. The minimum Gasteiger partial charge on any atom is -0.479 e. The average Bonchev–Trinajstić information content (AvgIpc) is 2.74. The van der Waals surface area contributed by atoms with Gasteiger partial charge in [-0.15, -0.1) is 0 Å². The van der Waals surface area contributed by atoms with Crippen LogP contribution in [0.1, 0.15) is 6.92 Å². The second-order valence-electron chi connectivity index (χ2n) is 6.50. The lowest BCUT2D eigenvalue weighted by molar-refractivity contribution is -0.141. The Kier molecular flexibility index (Phi) is 5.12. The van der Waals surface area contributed by atoms with E-state index >= 15 is 0 Å². The number of para-hydroxylation sites is 1. The fourth-order valence-corrected chi connectivity index (χ4v) is 3.01. The SMILES string of the molecule is CC(Oc1ccc2c(-c3ccccc3)cc(=O)oc2c1)C(=O)Oc1ccccc1. The molecule has 0 fully saturated rings. The lowest BCUT2D eigenvalue weighted by atomic mass is 10.0. The van der Waals surface area contributed by atoms with Crippen LogP contribution in [-0.2, 0) is 4.79 Å². The van der Waals surface area contributed by atoms with Gasteiger partial charge in [-0.2, -0.15) is 0 Å². The minimum absolute atomic E-state index is 0.387. The van der Waals surface area contributed by atoms with Gasteiger partial charge in [0.25, 0.3) is 0 Å². The number of hydrogen-bond donors (Lipinski definition) is 0. The Labute approximate surface area is 167 Å². The highest BCUT2D eigenvalue weighted by molar-refractivity contribution is 5.93. The van der Waals surface area contributed by atoms with Crippen molar-refractivity contribution >= 4 is 16.9 Å². The average molecular weight is 386 g/mol.